The van der Waals surface area contributed by atoms with E-state index in [2.05, 4.69) is 9.64 Å². The minimum absolute atomic E-state index is 0.202. The molecule has 0 aromatic heterocycles. The van der Waals surface area contributed by atoms with Gasteiger partial charge in [-0.15, -0.1) is 0 Å². The molecule has 14 nitrogen and oxygen atoms in total. The third-order valence-corrected chi connectivity index (χ3v) is 9.15. The highest BCUT2D eigenvalue weighted by atomic mass is 16.6. The molecule has 5 rings (SSSR count). The van der Waals surface area contributed by atoms with Gasteiger partial charge in [0.2, 0.25) is 6.10 Å². The molecule has 0 amide bonds. The van der Waals surface area contributed by atoms with E-state index in [0.29, 0.717) is 24.2 Å². The van der Waals surface area contributed by atoms with E-state index in [1.165, 1.54) is 0 Å². The number of esters is 3. The van der Waals surface area contributed by atoms with Crippen molar-refractivity contribution in [1.82, 2.24) is 4.90 Å². The van der Waals surface area contributed by atoms with Crippen LogP contribution >= 0.6 is 0 Å². The maximum atomic E-state index is 12.9. The van der Waals surface area contributed by atoms with Gasteiger partial charge in [0.15, 0.2) is 12.2 Å². The van der Waals surface area contributed by atoms with Gasteiger partial charge in [-0.1, -0.05) is 12.1 Å². The number of carboxylic acids is 2. The summed E-state index contributed by atoms with van der Waals surface area (Å²) in [5, 5.41) is 40.2. The Balaban J connectivity index is 1.26. The molecule has 6 atom stereocenters. The second kappa shape index (κ2) is 11.8. The van der Waals surface area contributed by atoms with Crippen molar-refractivity contribution in [2.75, 3.05) is 13.6 Å². The summed E-state index contributed by atoms with van der Waals surface area (Å²) in [5.74, 6) is -5.47. The first-order chi connectivity index (χ1) is 20.8. The van der Waals surface area contributed by atoms with Crippen molar-refractivity contribution >= 4 is 29.8 Å². The van der Waals surface area contributed by atoms with Gasteiger partial charge in [-0.3, -0.25) is 14.4 Å². The Morgan fingerprint density at radius 3 is 2.52 bits per heavy atom. The molecule has 0 radical (unpaired) electrons. The van der Waals surface area contributed by atoms with E-state index in [-0.39, 0.29) is 24.8 Å². The number of aliphatic carboxylic acids is 2. The van der Waals surface area contributed by atoms with Crippen LogP contribution in [-0.2, 0) is 56.6 Å². The predicted molar refractivity (Wildman–Crippen MR) is 146 cm³/mol. The van der Waals surface area contributed by atoms with E-state index in [4.69, 9.17) is 24.4 Å². The van der Waals surface area contributed by atoms with Crippen molar-refractivity contribution in [3.8, 4) is 5.75 Å². The van der Waals surface area contributed by atoms with Crippen molar-refractivity contribution in [3.05, 3.63) is 40.7 Å². The minimum atomic E-state index is -1.96. The molecule has 1 spiro atoms. The fourth-order valence-electron chi connectivity index (χ4n) is 7.15. The van der Waals surface area contributed by atoms with Gasteiger partial charge in [0.25, 0.3) is 0 Å². The summed E-state index contributed by atoms with van der Waals surface area (Å²) in [7, 11) is 1.99. The fraction of sp³-hybridized carbons (Fsp3) is 0.567. The SMILES string of the molecule is C[C@H](OC(=O)CCC(=O)OC1=CC[C@@]2(O)[C@H]3Cc4ccc(CO)c5c4[C@@]2(CCCN3C)[C@H]1O5)C(=O)O[C@@H](CC(=O)O)C(=O)O. The van der Waals surface area contributed by atoms with Gasteiger partial charge in [0.1, 0.15) is 11.5 Å². The number of aliphatic hydroxyl groups is 2. The summed E-state index contributed by atoms with van der Waals surface area (Å²) in [6.45, 7) is 1.62. The van der Waals surface area contributed by atoms with Crippen molar-refractivity contribution < 1.29 is 63.3 Å². The number of benzene rings is 1. The smallest absolute Gasteiger partial charge is 0.348 e. The van der Waals surface area contributed by atoms with Crippen LogP contribution < -0.4 is 4.74 Å². The first-order valence-electron chi connectivity index (χ1n) is 14.4. The van der Waals surface area contributed by atoms with Gasteiger partial charge in [-0.25, -0.2) is 9.59 Å². The lowest BCUT2D eigenvalue weighted by Crippen LogP contribution is -2.69. The van der Waals surface area contributed by atoms with Crippen LogP contribution in [0.15, 0.2) is 24.0 Å². The normalized spacial score (nSPS) is 27.9. The number of likely N-dealkylation sites (N-methyl/N-ethyl adjacent to an activating group) is 1. The number of hydrogen-bond acceptors (Lipinski definition) is 12. The minimum Gasteiger partial charge on any atom is -0.481 e. The van der Waals surface area contributed by atoms with Crippen LogP contribution in [0.25, 0.3) is 0 Å². The number of carbonyl (C=O) groups is 5. The standard InChI is InChI=1S/C30H35NO13/c1-15(28(39)43-19(27(37)38)13-21(33)34)41-22(35)6-7-23(36)42-18-8-10-30(40)20-12-16-4-5-17(14-32)25-24(16)29(30,26(18)44-25)9-3-11-31(20)2/h4-5,8,15,19-20,26,32,40H,3,6-7,9-14H2,1-2H3,(H,33,34)(H,37,38)/t15-,19-,20+,26-,29-,30+/m0/s1. The Bertz CT molecular complexity index is 1420. The summed E-state index contributed by atoms with van der Waals surface area (Å²) >= 11 is 0. The number of carbonyl (C=O) groups excluding carboxylic acids is 3. The lowest BCUT2D eigenvalue weighted by atomic mass is 9.52. The molecule has 4 N–H and O–H groups in total. The molecule has 1 aromatic rings. The molecule has 2 heterocycles. The highest BCUT2D eigenvalue weighted by Crippen LogP contribution is 2.64. The molecule has 4 aliphatic rings. The molecule has 2 bridgehead atoms. The van der Waals surface area contributed by atoms with Crippen LogP contribution in [0.2, 0.25) is 0 Å². The number of aliphatic hydroxyl groups excluding tert-OH is 1. The first-order valence-corrected chi connectivity index (χ1v) is 14.4. The highest BCUT2D eigenvalue weighted by Gasteiger charge is 2.70. The molecular formula is C30H35NO13. The topological polar surface area (TPSA) is 206 Å². The Kier molecular flexibility index (Phi) is 8.44. The molecule has 14 heteroatoms. The maximum Gasteiger partial charge on any atom is 0.348 e. The van der Waals surface area contributed by atoms with Crippen LogP contribution in [0.4, 0.5) is 0 Å². The number of ether oxygens (including phenoxy) is 4. The van der Waals surface area contributed by atoms with Crippen molar-refractivity contribution in [3.63, 3.8) is 0 Å². The van der Waals surface area contributed by atoms with Crippen LogP contribution in [0.1, 0.15) is 62.1 Å². The average Bonchev–Trinajstić information content (AvgIpc) is 3.30. The number of carboxylic acid groups (broad SMARTS) is 2. The van der Waals surface area contributed by atoms with E-state index in [1.807, 2.05) is 19.2 Å². The molecule has 2 aliphatic carbocycles. The van der Waals surface area contributed by atoms with Crippen molar-refractivity contribution in [2.24, 2.45) is 0 Å². The fourth-order valence-corrected chi connectivity index (χ4v) is 7.15. The van der Waals surface area contributed by atoms with Crippen molar-refractivity contribution in [2.45, 2.75) is 93.8 Å². The van der Waals surface area contributed by atoms with Gasteiger partial charge in [0.05, 0.1) is 36.9 Å². The van der Waals surface area contributed by atoms with E-state index in [9.17, 15) is 34.2 Å². The van der Waals surface area contributed by atoms with E-state index < -0.39 is 78.4 Å². The monoisotopic (exact) mass is 617 g/mol. The molecule has 1 aromatic carbocycles. The molecule has 1 saturated heterocycles. The molecular weight excluding hydrogens is 582 g/mol. The van der Waals surface area contributed by atoms with Gasteiger partial charge in [-0.05, 0) is 51.4 Å². The van der Waals surface area contributed by atoms with Crippen LogP contribution in [0.3, 0.4) is 0 Å². The van der Waals surface area contributed by atoms with E-state index in [0.717, 1.165) is 31.0 Å². The molecule has 0 unspecified atom stereocenters. The second-order valence-corrected chi connectivity index (χ2v) is 11.7. The largest absolute Gasteiger partial charge is 0.481 e. The lowest BCUT2D eigenvalue weighted by Gasteiger charge is -2.56. The van der Waals surface area contributed by atoms with Gasteiger partial charge in [0, 0.05) is 23.6 Å². The summed E-state index contributed by atoms with van der Waals surface area (Å²) in [5.41, 5.74) is 0.310. The summed E-state index contributed by atoms with van der Waals surface area (Å²) in [6, 6.07) is 3.57. The van der Waals surface area contributed by atoms with Crippen LogP contribution in [0.5, 0.6) is 5.75 Å². The van der Waals surface area contributed by atoms with Gasteiger partial charge < -0.3 is 44.3 Å². The van der Waals surface area contributed by atoms with Crippen LogP contribution in [0, 0.1) is 0 Å². The molecule has 2 aliphatic heterocycles. The number of likely N-dealkylation sites (tertiary alicyclic amines) is 1. The Morgan fingerprint density at radius 2 is 1.84 bits per heavy atom. The van der Waals surface area contributed by atoms with Gasteiger partial charge >= 0.3 is 29.8 Å². The summed E-state index contributed by atoms with van der Waals surface area (Å²) in [4.78, 5) is 61.5. The lowest BCUT2D eigenvalue weighted by molar-refractivity contribution is -0.178. The molecule has 0 saturated carbocycles. The predicted octanol–water partition coefficient (Wildman–Crippen LogP) is 0.573. The Hall–Kier alpha value is -4.01. The first kappa shape index (κ1) is 31.4. The quantitative estimate of drug-likeness (QED) is 0.198. The summed E-state index contributed by atoms with van der Waals surface area (Å²) < 4.78 is 21.7. The van der Waals surface area contributed by atoms with Gasteiger partial charge in [-0.2, -0.15) is 0 Å². The molecule has 44 heavy (non-hydrogen) atoms. The number of hydrogen-bond donors (Lipinski definition) is 4. The molecule has 1 fully saturated rings. The third kappa shape index (κ3) is 5.20. The zero-order chi connectivity index (χ0) is 32.0. The maximum absolute atomic E-state index is 12.9. The number of rotatable bonds is 11. The number of nitrogens with zero attached hydrogens (tertiary/aromatic N) is 1. The second-order valence-electron chi connectivity index (χ2n) is 11.7. The van der Waals surface area contributed by atoms with E-state index in [1.54, 1.807) is 6.08 Å². The zero-order valence-electron chi connectivity index (χ0n) is 24.3. The third-order valence-electron chi connectivity index (χ3n) is 9.15. The Morgan fingerprint density at radius 1 is 1.11 bits per heavy atom. The molecule has 238 valence electrons. The average molecular weight is 618 g/mol. The van der Waals surface area contributed by atoms with E-state index >= 15 is 0 Å². The van der Waals surface area contributed by atoms with Crippen LogP contribution in [-0.4, -0.2) is 98.7 Å². The highest BCUT2D eigenvalue weighted by molar-refractivity contribution is 5.85. The summed E-state index contributed by atoms with van der Waals surface area (Å²) in [6.07, 6.45) is -2.46. The van der Waals surface area contributed by atoms with Crippen molar-refractivity contribution in [1.29, 1.82) is 0 Å². The Labute approximate surface area is 252 Å². The zero-order valence-corrected chi connectivity index (χ0v) is 24.3.